The summed E-state index contributed by atoms with van der Waals surface area (Å²) in [6.07, 6.45) is 11.1. The van der Waals surface area contributed by atoms with Crippen molar-refractivity contribution in [1.82, 2.24) is 29.8 Å². The SMILES string of the molecule is CN1CCC[C@H]1Cn1ncc2c(Cl)nc(-c3noc4c3CCC[C@@]43CCCCC34OCCO4)nc21. The van der Waals surface area contributed by atoms with Crippen LogP contribution in [0.15, 0.2) is 10.7 Å². The number of fused-ring (bicyclic) bond motifs is 4. The summed E-state index contributed by atoms with van der Waals surface area (Å²) in [5.41, 5.74) is 2.21. The topological polar surface area (TPSA) is 91.3 Å². The molecule has 7 rings (SSSR count). The normalized spacial score (nSPS) is 28.5. The van der Waals surface area contributed by atoms with E-state index in [1.807, 2.05) is 4.68 Å². The molecule has 1 saturated carbocycles. The molecule has 0 radical (unpaired) electrons. The van der Waals surface area contributed by atoms with Crippen molar-refractivity contribution < 1.29 is 14.0 Å². The highest BCUT2D eigenvalue weighted by Gasteiger charge is 2.61. The van der Waals surface area contributed by atoms with Gasteiger partial charge in [0.2, 0.25) is 0 Å². The van der Waals surface area contributed by atoms with E-state index >= 15 is 0 Å². The summed E-state index contributed by atoms with van der Waals surface area (Å²) in [6.45, 7) is 3.16. The lowest BCUT2D eigenvalue weighted by atomic mass is 9.61. The van der Waals surface area contributed by atoms with Gasteiger partial charge in [0.1, 0.15) is 5.15 Å². The molecule has 4 aliphatic rings. The van der Waals surface area contributed by atoms with Crippen molar-refractivity contribution in [3.8, 4) is 11.5 Å². The third-order valence-corrected chi connectivity index (χ3v) is 9.10. The van der Waals surface area contributed by atoms with Gasteiger partial charge in [-0.2, -0.15) is 5.10 Å². The molecule has 2 saturated heterocycles. The lowest BCUT2D eigenvalue weighted by Gasteiger charge is -2.50. The molecule has 2 aliphatic carbocycles. The monoisotopic (exact) mass is 498 g/mol. The van der Waals surface area contributed by atoms with Gasteiger partial charge in [-0.15, -0.1) is 0 Å². The standard InChI is InChI=1S/C25H31ClN6O3/c1-31-11-5-6-16(31)15-32-23-18(14-27-32)21(26)28-22(29-23)19-17-7-4-9-24(20(17)35-30-19)8-2-3-10-25(24)33-12-13-34-25/h14,16H,2-13,15H2,1H3/t16-,24-/m0/s1. The zero-order chi connectivity index (χ0) is 23.6. The van der Waals surface area contributed by atoms with E-state index < -0.39 is 5.79 Å². The minimum Gasteiger partial charge on any atom is -0.360 e. The molecular weight excluding hydrogens is 468 g/mol. The van der Waals surface area contributed by atoms with Crippen molar-refractivity contribution in [3.05, 3.63) is 22.7 Å². The number of likely N-dealkylation sites (tertiary alicyclic amines) is 1. The lowest BCUT2D eigenvalue weighted by molar-refractivity contribution is -0.235. The molecule has 9 nitrogen and oxygen atoms in total. The van der Waals surface area contributed by atoms with Gasteiger partial charge < -0.3 is 18.9 Å². The summed E-state index contributed by atoms with van der Waals surface area (Å²) in [7, 11) is 2.17. The molecule has 35 heavy (non-hydrogen) atoms. The molecule has 0 aromatic carbocycles. The van der Waals surface area contributed by atoms with Crippen LogP contribution in [0.4, 0.5) is 0 Å². The van der Waals surface area contributed by atoms with Crippen LogP contribution in [0.5, 0.6) is 0 Å². The Morgan fingerprint density at radius 1 is 1.09 bits per heavy atom. The average molecular weight is 499 g/mol. The Balaban J connectivity index is 1.31. The summed E-state index contributed by atoms with van der Waals surface area (Å²) in [5, 5.41) is 10.3. The molecule has 0 N–H and O–H groups in total. The third-order valence-electron chi connectivity index (χ3n) is 8.81. The molecule has 0 amide bonds. The summed E-state index contributed by atoms with van der Waals surface area (Å²) < 4.78 is 20.8. The van der Waals surface area contributed by atoms with Gasteiger partial charge in [-0.05, 0) is 58.5 Å². The Hall–Kier alpha value is -2.07. The second-order valence-corrected chi connectivity index (χ2v) is 11.0. The fourth-order valence-electron chi connectivity index (χ4n) is 7.03. The van der Waals surface area contributed by atoms with Crippen molar-refractivity contribution in [1.29, 1.82) is 0 Å². The van der Waals surface area contributed by atoms with Crippen molar-refractivity contribution in [2.75, 3.05) is 26.8 Å². The predicted octanol–water partition coefficient (Wildman–Crippen LogP) is 4.12. The number of hydrogen-bond acceptors (Lipinski definition) is 8. The Labute approximate surface area is 209 Å². The van der Waals surface area contributed by atoms with Gasteiger partial charge in [0.05, 0.1) is 36.8 Å². The van der Waals surface area contributed by atoms with Crippen LogP contribution in [-0.4, -0.2) is 68.4 Å². The number of likely N-dealkylation sites (N-methyl/N-ethyl adjacent to an activating group) is 1. The molecule has 2 aliphatic heterocycles. The van der Waals surface area contributed by atoms with Crippen LogP contribution < -0.4 is 0 Å². The number of hydrogen-bond donors (Lipinski definition) is 0. The van der Waals surface area contributed by atoms with E-state index in [2.05, 4.69) is 27.2 Å². The number of ether oxygens (including phenoxy) is 2. The molecule has 3 aromatic heterocycles. The van der Waals surface area contributed by atoms with Crippen LogP contribution in [0, 0.1) is 0 Å². The third kappa shape index (κ3) is 3.24. The predicted molar refractivity (Wildman–Crippen MR) is 129 cm³/mol. The van der Waals surface area contributed by atoms with E-state index in [-0.39, 0.29) is 5.41 Å². The zero-order valence-corrected chi connectivity index (χ0v) is 20.9. The fraction of sp³-hybridized carbons (Fsp3) is 0.680. The number of halogens is 1. The van der Waals surface area contributed by atoms with Gasteiger partial charge in [-0.25, -0.2) is 14.6 Å². The van der Waals surface area contributed by atoms with E-state index in [1.54, 1.807) is 6.20 Å². The minimum absolute atomic E-state index is 0.302. The van der Waals surface area contributed by atoms with Gasteiger partial charge in [-0.3, -0.25) is 0 Å². The van der Waals surface area contributed by atoms with E-state index in [0.717, 1.165) is 86.8 Å². The Bertz CT molecular complexity index is 1270. The lowest BCUT2D eigenvalue weighted by Crippen LogP contribution is -2.56. The smallest absolute Gasteiger partial charge is 0.185 e. The van der Waals surface area contributed by atoms with Crippen LogP contribution in [0.1, 0.15) is 62.7 Å². The maximum atomic E-state index is 6.65. The number of aromatic nitrogens is 5. The Morgan fingerprint density at radius 2 is 1.91 bits per heavy atom. The van der Waals surface area contributed by atoms with Gasteiger partial charge in [-0.1, -0.05) is 23.2 Å². The maximum Gasteiger partial charge on any atom is 0.185 e. The maximum absolute atomic E-state index is 6.65. The summed E-state index contributed by atoms with van der Waals surface area (Å²) in [6, 6.07) is 0.448. The first-order valence-electron chi connectivity index (χ1n) is 13.0. The van der Waals surface area contributed by atoms with Crippen LogP contribution in [-0.2, 0) is 27.9 Å². The average Bonchev–Trinajstić information content (AvgIpc) is 3.65. The highest BCUT2D eigenvalue weighted by atomic mass is 35.5. The van der Waals surface area contributed by atoms with Gasteiger partial charge in [0.25, 0.3) is 0 Å². The highest BCUT2D eigenvalue weighted by Crippen LogP contribution is 2.57. The Morgan fingerprint density at radius 3 is 2.74 bits per heavy atom. The highest BCUT2D eigenvalue weighted by molar-refractivity contribution is 6.34. The van der Waals surface area contributed by atoms with E-state index in [9.17, 15) is 0 Å². The minimum atomic E-state index is -0.606. The van der Waals surface area contributed by atoms with Crippen molar-refractivity contribution in [2.24, 2.45) is 0 Å². The molecule has 2 atom stereocenters. The van der Waals surface area contributed by atoms with Gasteiger partial charge >= 0.3 is 0 Å². The zero-order valence-electron chi connectivity index (χ0n) is 20.1. The van der Waals surface area contributed by atoms with Gasteiger partial charge in [0.15, 0.2) is 28.7 Å². The van der Waals surface area contributed by atoms with E-state index in [0.29, 0.717) is 35.9 Å². The van der Waals surface area contributed by atoms with E-state index in [1.165, 1.54) is 6.42 Å². The van der Waals surface area contributed by atoms with Crippen molar-refractivity contribution in [3.63, 3.8) is 0 Å². The molecular formula is C25H31ClN6O3. The number of nitrogens with zero attached hydrogens (tertiary/aromatic N) is 6. The molecule has 0 bridgehead atoms. The summed E-state index contributed by atoms with van der Waals surface area (Å²) >= 11 is 6.65. The molecule has 10 heteroatoms. The summed E-state index contributed by atoms with van der Waals surface area (Å²) in [5.74, 6) is 0.802. The first-order chi connectivity index (χ1) is 17.1. The molecule has 3 fully saturated rings. The van der Waals surface area contributed by atoms with Crippen molar-refractivity contribution in [2.45, 2.75) is 81.6 Å². The number of rotatable bonds is 3. The largest absolute Gasteiger partial charge is 0.360 e. The van der Waals surface area contributed by atoms with Crippen molar-refractivity contribution >= 4 is 22.6 Å². The second kappa shape index (κ2) is 8.23. The molecule has 186 valence electrons. The first kappa shape index (κ1) is 22.2. The summed E-state index contributed by atoms with van der Waals surface area (Å²) in [4.78, 5) is 12.0. The van der Waals surface area contributed by atoms with Crippen LogP contribution >= 0.6 is 11.6 Å². The molecule has 3 aromatic rings. The van der Waals surface area contributed by atoms with Crippen LogP contribution in [0.2, 0.25) is 5.15 Å². The second-order valence-electron chi connectivity index (χ2n) is 10.6. The quantitative estimate of drug-likeness (QED) is 0.498. The van der Waals surface area contributed by atoms with Crippen LogP contribution in [0.3, 0.4) is 0 Å². The molecule has 0 unspecified atom stereocenters. The molecule has 5 heterocycles. The molecule has 2 spiro atoms. The van der Waals surface area contributed by atoms with Gasteiger partial charge in [0, 0.05) is 18.0 Å². The van der Waals surface area contributed by atoms with E-state index in [4.69, 9.17) is 30.6 Å². The first-order valence-corrected chi connectivity index (χ1v) is 13.3. The fourth-order valence-corrected chi connectivity index (χ4v) is 7.25. The Kier molecular flexibility index (Phi) is 5.21. The van der Waals surface area contributed by atoms with Crippen LogP contribution in [0.25, 0.3) is 22.6 Å².